The molecule has 1 aromatic rings. The van der Waals surface area contributed by atoms with E-state index in [0.717, 1.165) is 51.4 Å². The number of carbonyl (C=O) groups is 4. The van der Waals surface area contributed by atoms with Crippen LogP contribution in [0, 0.1) is 48.4 Å². The number of piperazine rings is 2. The Bertz CT molecular complexity index is 1370. The van der Waals surface area contributed by atoms with E-state index >= 15 is 0 Å². The molecule has 2 saturated carbocycles. The normalized spacial score (nSPS) is 25.9. The molecule has 12 nitrogen and oxygen atoms in total. The predicted molar refractivity (Wildman–Crippen MR) is 202 cm³/mol. The monoisotopic (exact) mass is 760 g/mol. The molecule has 4 amide bonds. The Labute approximate surface area is 319 Å². The fourth-order valence-electron chi connectivity index (χ4n) is 8.01. The van der Waals surface area contributed by atoms with E-state index in [0.29, 0.717) is 51.1 Å². The van der Waals surface area contributed by atoms with Crippen molar-refractivity contribution in [3.63, 3.8) is 0 Å². The van der Waals surface area contributed by atoms with Crippen LogP contribution in [0.3, 0.4) is 0 Å². The number of terminal acetylenes is 2. The first kappa shape index (κ1) is 43.0. The minimum atomic E-state index is -2.31. The number of hydrogen-bond donors (Lipinski definition) is 4. The van der Waals surface area contributed by atoms with Gasteiger partial charge in [-0.2, -0.15) is 0 Å². The summed E-state index contributed by atoms with van der Waals surface area (Å²) in [7, 11) is 0. The van der Waals surface area contributed by atoms with E-state index in [1.165, 1.54) is 34.1 Å². The summed E-state index contributed by atoms with van der Waals surface area (Å²) in [5.74, 6) is 4.18. The lowest BCUT2D eigenvalue weighted by molar-refractivity contribution is -0.152. The van der Waals surface area contributed by atoms with Gasteiger partial charge in [0.05, 0.1) is 0 Å². The SMILES string of the molecule is C#CC(O)(C(=O)N1CCN(C(=O)C2CCC(CN)CC2)CC1)c1ccc(C(O)(C#C)C(=O)N2CCN(C(=O)C3CCC(CN)CC3)CC2)cc1.Cl.Cl. The zero-order valence-electron chi connectivity index (χ0n) is 29.8. The molecule has 0 radical (unpaired) electrons. The van der Waals surface area contributed by atoms with Gasteiger partial charge in [0.15, 0.2) is 0 Å². The highest BCUT2D eigenvalue weighted by molar-refractivity contribution is 5.92. The number of hydrogen-bond acceptors (Lipinski definition) is 8. The third kappa shape index (κ3) is 8.87. The lowest BCUT2D eigenvalue weighted by Gasteiger charge is -2.40. The first-order valence-electron chi connectivity index (χ1n) is 18.1. The second-order valence-corrected chi connectivity index (χ2v) is 14.4. The van der Waals surface area contributed by atoms with Gasteiger partial charge in [0.2, 0.25) is 23.0 Å². The summed E-state index contributed by atoms with van der Waals surface area (Å²) < 4.78 is 0. The molecule has 2 aliphatic heterocycles. The van der Waals surface area contributed by atoms with Crippen LogP contribution in [0.1, 0.15) is 62.5 Å². The van der Waals surface area contributed by atoms with Gasteiger partial charge in [-0.1, -0.05) is 36.1 Å². The molecule has 5 rings (SSSR count). The van der Waals surface area contributed by atoms with Crippen molar-refractivity contribution in [2.45, 2.75) is 62.6 Å². The van der Waals surface area contributed by atoms with Crippen molar-refractivity contribution in [3.8, 4) is 24.7 Å². The molecule has 4 fully saturated rings. The molecule has 2 atom stereocenters. The Morgan fingerprint density at radius 1 is 0.577 bits per heavy atom. The van der Waals surface area contributed by atoms with Crippen LogP contribution in [-0.2, 0) is 30.4 Å². The van der Waals surface area contributed by atoms with Crippen LogP contribution in [0.2, 0.25) is 0 Å². The van der Waals surface area contributed by atoms with Gasteiger partial charge in [0, 0.05) is 75.3 Å². The largest absolute Gasteiger partial charge is 0.366 e. The Morgan fingerprint density at radius 3 is 1.10 bits per heavy atom. The number of nitrogens with zero attached hydrogens (tertiary/aromatic N) is 4. The Kier molecular flexibility index (Phi) is 15.4. The highest BCUT2D eigenvalue weighted by Crippen LogP contribution is 2.33. The number of carbonyl (C=O) groups excluding carboxylic acids is 4. The molecular weight excluding hydrogens is 707 g/mol. The van der Waals surface area contributed by atoms with Crippen molar-refractivity contribution in [1.82, 2.24) is 19.6 Å². The summed E-state index contributed by atoms with van der Waals surface area (Å²) in [5, 5.41) is 22.9. The summed E-state index contributed by atoms with van der Waals surface area (Å²) in [4.78, 5) is 59.9. The van der Waals surface area contributed by atoms with Crippen molar-refractivity contribution in [2.75, 3.05) is 65.4 Å². The second kappa shape index (κ2) is 18.6. The predicted octanol–water partition coefficient (Wildman–Crippen LogP) is 1.04. The average molecular weight is 762 g/mol. The number of rotatable bonds is 8. The summed E-state index contributed by atoms with van der Waals surface area (Å²) in [5.41, 5.74) is 7.14. The number of halogens is 2. The summed E-state index contributed by atoms with van der Waals surface area (Å²) >= 11 is 0. The van der Waals surface area contributed by atoms with Gasteiger partial charge < -0.3 is 41.3 Å². The Hall–Kier alpha value is -3.36. The van der Waals surface area contributed by atoms with Gasteiger partial charge >= 0.3 is 0 Å². The molecule has 0 spiro atoms. The van der Waals surface area contributed by atoms with E-state index < -0.39 is 23.0 Å². The summed E-state index contributed by atoms with van der Waals surface area (Å²) in [6.45, 7) is 3.57. The third-order valence-electron chi connectivity index (χ3n) is 11.6. The van der Waals surface area contributed by atoms with Crippen molar-refractivity contribution in [1.29, 1.82) is 0 Å². The molecule has 4 aliphatic rings. The van der Waals surface area contributed by atoms with Crippen molar-refractivity contribution in [2.24, 2.45) is 35.1 Å². The maximum atomic E-state index is 13.6. The molecule has 2 aliphatic carbocycles. The zero-order chi connectivity index (χ0) is 36.1. The van der Waals surface area contributed by atoms with E-state index in [1.54, 1.807) is 9.80 Å². The minimum absolute atomic E-state index is 0. The van der Waals surface area contributed by atoms with Crippen LogP contribution < -0.4 is 11.5 Å². The number of benzene rings is 1. The highest BCUT2D eigenvalue weighted by Gasteiger charge is 2.44. The van der Waals surface area contributed by atoms with Crippen LogP contribution in [0.4, 0.5) is 0 Å². The second-order valence-electron chi connectivity index (χ2n) is 14.4. The Morgan fingerprint density at radius 2 is 0.846 bits per heavy atom. The van der Waals surface area contributed by atoms with Crippen LogP contribution >= 0.6 is 24.8 Å². The molecule has 2 saturated heterocycles. The van der Waals surface area contributed by atoms with Crippen molar-refractivity contribution < 1.29 is 29.4 Å². The van der Waals surface area contributed by atoms with E-state index in [1.807, 2.05) is 0 Å². The first-order valence-corrected chi connectivity index (χ1v) is 18.1. The maximum Gasteiger partial charge on any atom is 0.272 e. The van der Waals surface area contributed by atoms with Gasteiger partial charge in [0.25, 0.3) is 11.8 Å². The Balaban J connectivity index is 0.00000364. The standard InChI is InChI=1S/C38H52N6O6.2ClH/c1-3-37(49,35(47)43-21-17-41(18-22-43)33(45)29-9-5-27(25-39)6-10-29)31-13-15-32(16-14-31)38(50,4-2)36(48)44-23-19-42(20-24-44)34(46)30-11-7-28(26-40)8-12-30;;/h1-2,13-16,27-30,49-50H,5-12,17-26,39-40H2;2*1H. The van der Waals surface area contributed by atoms with Crippen LogP contribution in [0.5, 0.6) is 0 Å². The van der Waals surface area contributed by atoms with E-state index in [-0.39, 0.29) is 85.8 Å². The highest BCUT2D eigenvalue weighted by atomic mass is 35.5. The van der Waals surface area contributed by atoms with Gasteiger partial charge in [-0.15, -0.1) is 37.7 Å². The topological polar surface area (TPSA) is 174 Å². The average Bonchev–Trinajstić information content (AvgIpc) is 3.19. The van der Waals surface area contributed by atoms with Crippen LogP contribution in [0.25, 0.3) is 0 Å². The molecule has 6 N–H and O–H groups in total. The lowest BCUT2D eigenvalue weighted by atomic mass is 9.81. The summed E-state index contributed by atoms with van der Waals surface area (Å²) in [6, 6.07) is 5.54. The van der Waals surface area contributed by atoms with Crippen molar-refractivity contribution >= 4 is 48.4 Å². The quantitative estimate of drug-likeness (QED) is 0.285. The minimum Gasteiger partial charge on any atom is -0.366 e. The molecule has 52 heavy (non-hydrogen) atoms. The molecule has 2 unspecified atom stereocenters. The van der Waals surface area contributed by atoms with Gasteiger partial charge in [0.1, 0.15) is 0 Å². The third-order valence-corrected chi connectivity index (χ3v) is 11.6. The fourth-order valence-corrected chi connectivity index (χ4v) is 8.01. The molecular formula is C38H54Cl2N6O6. The molecule has 0 aromatic heterocycles. The number of aliphatic hydroxyl groups is 2. The van der Waals surface area contributed by atoms with E-state index in [4.69, 9.17) is 24.3 Å². The molecule has 14 heteroatoms. The molecule has 2 heterocycles. The first-order chi connectivity index (χ1) is 24.0. The fraction of sp³-hybridized carbons (Fsp3) is 0.632. The van der Waals surface area contributed by atoms with Crippen LogP contribution in [-0.4, -0.2) is 119 Å². The smallest absolute Gasteiger partial charge is 0.272 e. The number of amides is 4. The van der Waals surface area contributed by atoms with Gasteiger partial charge in [-0.3, -0.25) is 19.2 Å². The molecule has 1 aromatic carbocycles. The molecule has 286 valence electrons. The zero-order valence-corrected chi connectivity index (χ0v) is 31.4. The molecule has 0 bridgehead atoms. The summed E-state index contributed by atoms with van der Waals surface area (Å²) in [6.07, 6.45) is 18.5. The van der Waals surface area contributed by atoms with E-state index in [9.17, 15) is 29.4 Å². The van der Waals surface area contributed by atoms with Crippen LogP contribution in [0.15, 0.2) is 24.3 Å². The van der Waals surface area contributed by atoms with E-state index in [2.05, 4.69) is 11.8 Å². The van der Waals surface area contributed by atoms with Gasteiger partial charge in [-0.25, -0.2) is 0 Å². The van der Waals surface area contributed by atoms with Crippen molar-refractivity contribution in [3.05, 3.63) is 35.4 Å². The lowest BCUT2D eigenvalue weighted by Crippen LogP contribution is -2.56. The maximum absolute atomic E-state index is 13.6. The number of nitrogens with two attached hydrogens (primary N) is 2. The van der Waals surface area contributed by atoms with Gasteiger partial charge in [-0.05, 0) is 76.3 Å².